The van der Waals surface area contributed by atoms with Gasteiger partial charge in [0.05, 0.1) is 19.8 Å². The van der Waals surface area contributed by atoms with E-state index >= 15 is 0 Å². The Morgan fingerprint density at radius 1 is 1.19 bits per heavy atom. The number of rotatable bonds is 7. The molecule has 21 heavy (non-hydrogen) atoms. The van der Waals surface area contributed by atoms with Gasteiger partial charge in [-0.15, -0.1) is 0 Å². The Kier molecular flexibility index (Phi) is 6.13. The zero-order valence-electron chi connectivity index (χ0n) is 12.3. The van der Waals surface area contributed by atoms with Crippen LogP contribution in [0.5, 0.6) is 0 Å². The first-order valence-corrected chi connectivity index (χ1v) is 7.11. The molecule has 0 amide bonds. The summed E-state index contributed by atoms with van der Waals surface area (Å²) in [5.41, 5.74) is 4.79. The normalized spacial score (nSPS) is 11.6. The van der Waals surface area contributed by atoms with E-state index < -0.39 is 0 Å². The third-order valence-corrected chi connectivity index (χ3v) is 3.09. The van der Waals surface area contributed by atoms with Crippen molar-refractivity contribution in [2.75, 3.05) is 19.8 Å². The van der Waals surface area contributed by atoms with Gasteiger partial charge in [-0.2, -0.15) is 0 Å². The van der Waals surface area contributed by atoms with E-state index in [1.807, 2.05) is 19.2 Å². The summed E-state index contributed by atoms with van der Waals surface area (Å²) in [6.07, 6.45) is 6.69. The van der Waals surface area contributed by atoms with Gasteiger partial charge in [0.15, 0.2) is 0 Å². The van der Waals surface area contributed by atoms with Gasteiger partial charge in [0.25, 0.3) is 0 Å². The van der Waals surface area contributed by atoms with Gasteiger partial charge in [-0.1, -0.05) is 36.4 Å². The molecule has 0 saturated carbocycles. The van der Waals surface area contributed by atoms with E-state index in [2.05, 4.69) is 41.4 Å². The zero-order valence-corrected chi connectivity index (χ0v) is 12.3. The number of aliphatic hydroxyl groups excluding tert-OH is 1. The Morgan fingerprint density at radius 3 is 2.67 bits per heavy atom. The van der Waals surface area contributed by atoms with Crippen molar-refractivity contribution in [1.29, 1.82) is 0 Å². The van der Waals surface area contributed by atoms with Crippen LogP contribution in [0, 0.1) is 0 Å². The van der Waals surface area contributed by atoms with Gasteiger partial charge < -0.3 is 9.84 Å². The lowest BCUT2D eigenvalue weighted by Gasteiger charge is -2.04. The molecule has 3 heteroatoms. The van der Waals surface area contributed by atoms with Gasteiger partial charge in [-0.3, -0.25) is 4.98 Å². The van der Waals surface area contributed by atoms with Crippen LogP contribution in [0.4, 0.5) is 0 Å². The fourth-order valence-corrected chi connectivity index (χ4v) is 2.09. The molecule has 2 rings (SSSR count). The van der Waals surface area contributed by atoms with E-state index in [1.165, 1.54) is 11.1 Å². The Bertz CT molecular complexity index is 562. The van der Waals surface area contributed by atoms with Crippen LogP contribution < -0.4 is 0 Å². The minimum Gasteiger partial charge on any atom is -0.394 e. The highest BCUT2D eigenvalue weighted by molar-refractivity contribution is 5.53. The number of aliphatic hydroxyl groups is 1. The Morgan fingerprint density at radius 2 is 2.00 bits per heavy atom. The molecule has 0 aliphatic carbocycles. The maximum Gasteiger partial charge on any atom is 0.0702 e. The summed E-state index contributed by atoms with van der Waals surface area (Å²) >= 11 is 0. The lowest BCUT2D eigenvalue weighted by atomic mass is 10.0. The van der Waals surface area contributed by atoms with E-state index in [0.717, 1.165) is 17.6 Å². The summed E-state index contributed by atoms with van der Waals surface area (Å²) in [4.78, 5) is 4.13. The van der Waals surface area contributed by atoms with Crippen LogP contribution in [-0.2, 0) is 11.2 Å². The molecule has 0 spiro atoms. The smallest absolute Gasteiger partial charge is 0.0702 e. The summed E-state index contributed by atoms with van der Waals surface area (Å²) in [6, 6.07) is 12.6. The second-order valence-corrected chi connectivity index (χ2v) is 5.05. The third-order valence-electron chi connectivity index (χ3n) is 3.09. The quantitative estimate of drug-likeness (QED) is 0.794. The summed E-state index contributed by atoms with van der Waals surface area (Å²) in [6.45, 7) is 3.03. The molecule has 2 aromatic rings. The molecule has 110 valence electrons. The van der Waals surface area contributed by atoms with E-state index in [4.69, 9.17) is 9.84 Å². The number of pyridine rings is 1. The van der Waals surface area contributed by atoms with Crippen molar-refractivity contribution in [3.63, 3.8) is 0 Å². The Balaban J connectivity index is 1.94. The molecule has 0 radical (unpaired) electrons. The summed E-state index contributed by atoms with van der Waals surface area (Å²) in [5, 5.41) is 8.67. The van der Waals surface area contributed by atoms with Crippen LogP contribution in [0.15, 0.2) is 54.4 Å². The largest absolute Gasteiger partial charge is 0.394 e. The molecule has 0 unspecified atom stereocenters. The lowest BCUT2D eigenvalue weighted by Crippen LogP contribution is -2.01. The van der Waals surface area contributed by atoms with Crippen molar-refractivity contribution < 1.29 is 9.84 Å². The van der Waals surface area contributed by atoms with E-state index in [1.54, 1.807) is 6.20 Å². The number of hydrogen-bond acceptors (Lipinski definition) is 3. The fraction of sp³-hybridized carbons (Fsp3) is 0.278. The van der Waals surface area contributed by atoms with Crippen molar-refractivity contribution in [2.45, 2.75) is 13.3 Å². The van der Waals surface area contributed by atoms with Crippen LogP contribution in [0.3, 0.4) is 0 Å². The SMILES string of the molecule is C/C(=C/c1ccc(Cc2cccnc2)cc1)COCCO. The molecule has 0 fully saturated rings. The third kappa shape index (κ3) is 5.50. The molecule has 0 aliphatic rings. The number of aromatic nitrogens is 1. The molecular weight excluding hydrogens is 262 g/mol. The van der Waals surface area contributed by atoms with Crippen molar-refractivity contribution in [1.82, 2.24) is 4.98 Å². The molecule has 0 bridgehead atoms. The van der Waals surface area contributed by atoms with Crippen LogP contribution in [-0.4, -0.2) is 29.9 Å². The van der Waals surface area contributed by atoms with Crippen LogP contribution >= 0.6 is 0 Å². The second-order valence-electron chi connectivity index (χ2n) is 5.05. The number of benzene rings is 1. The highest BCUT2D eigenvalue weighted by Crippen LogP contribution is 2.12. The van der Waals surface area contributed by atoms with E-state index in [-0.39, 0.29) is 6.61 Å². The topological polar surface area (TPSA) is 42.4 Å². The first kappa shape index (κ1) is 15.4. The molecule has 0 atom stereocenters. The van der Waals surface area contributed by atoms with Crippen molar-refractivity contribution in [2.24, 2.45) is 0 Å². The Hall–Kier alpha value is -1.97. The van der Waals surface area contributed by atoms with Gasteiger partial charge in [0.2, 0.25) is 0 Å². The van der Waals surface area contributed by atoms with Gasteiger partial charge in [-0.25, -0.2) is 0 Å². The lowest BCUT2D eigenvalue weighted by molar-refractivity contribution is 0.108. The highest BCUT2D eigenvalue weighted by atomic mass is 16.5. The van der Waals surface area contributed by atoms with Crippen LogP contribution in [0.1, 0.15) is 23.6 Å². The summed E-state index contributed by atoms with van der Waals surface area (Å²) in [5.74, 6) is 0. The molecule has 1 N–H and O–H groups in total. The number of nitrogens with zero attached hydrogens (tertiary/aromatic N) is 1. The molecule has 0 aliphatic heterocycles. The van der Waals surface area contributed by atoms with E-state index in [0.29, 0.717) is 13.2 Å². The summed E-state index contributed by atoms with van der Waals surface area (Å²) in [7, 11) is 0. The van der Waals surface area contributed by atoms with Crippen molar-refractivity contribution in [3.05, 3.63) is 71.1 Å². The fourth-order valence-electron chi connectivity index (χ4n) is 2.09. The molecule has 1 aromatic heterocycles. The molecule has 1 aromatic carbocycles. The number of ether oxygens (including phenoxy) is 1. The van der Waals surface area contributed by atoms with E-state index in [9.17, 15) is 0 Å². The minimum atomic E-state index is 0.0658. The van der Waals surface area contributed by atoms with Crippen molar-refractivity contribution >= 4 is 6.08 Å². The highest BCUT2D eigenvalue weighted by Gasteiger charge is 1.97. The monoisotopic (exact) mass is 283 g/mol. The first-order valence-electron chi connectivity index (χ1n) is 7.11. The standard InChI is InChI=1S/C18H21NO2/c1-15(14-21-10-9-20)11-16-4-6-17(7-5-16)12-18-3-2-8-19-13-18/h2-8,11,13,20H,9-10,12,14H2,1H3/b15-11-. The van der Waals surface area contributed by atoms with Gasteiger partial charge in [-0.05, 0) is 41.7 Å². The molecular formula is C18H21NO2. The van der Waals surface area contributed by atoms with Crippen molar-refractivity contribution in [3.8, 4) is 0 Å². The average molecular weight is 283 g/mol. The molecule has 0 saturated heterocycles. The predicted octanol–water partition coefficient (Wildman–Crippen LogP) is 3.08. The Labute approximate surface area is 125 Å². The van der Waals surface area contributed by atoms with Gasteiger partial charge in [0.1, 0.15) is 0 Å². The minimum absolute atomic E-state index is 0.0658. The second kappa shape index (κ2) is 8.35. The van der Waals surface area contributed by atoms with Gasteiger partial charge in [0, 0.05) is 12.4 Å². The maximum atomic E-state index is 8.67. The summed E-state index contributed by atoms with van der Waals surface area (Å²) < 4.78 is 5.29. The number of hydrogen-bond donors (Lipinski definition) is 1. The van der Waals surface area contributed by atoms with Crippen LogP contribution in [0.2, 0.25) is 0 Å². The van der Waals surface area contributed by atoms with Gasteiger partial charge >= 0.3 is 0 Å². The van der Waals surface area contributed by atoms with Crippen LogP contribution in [0.25, 0.3) is 6.08 Å². The molecule has 1 heterocycles. The maximum absolute atomic E-state index is 8.67. The average Bonchev–Trinajstić information content (AvgIpc) is 2.51. The molecule has 3 nitrogen and oxygen atoms in total. The predicted molar refractivity (Wildman–Crippen MR) is 85.0 cm³/mol. The zero-order chi connectivity index (χ0) is 14.9. The first-order chi connectivity index (χ1) is 10.3.